The van der Waals surface area contributed by atoms with Gasteiger partial charge >= 0.3 is 0 Å². The predicted octanol–water partition coefficient (Wildman–Crippen LogP) is 0.684. The summed E-state index contributed by atoms with van der Waals surface area (Å²) < 4.78 is 2.11. The molecule has 3 rings (SSSR count). The second-order valence-electron chi connectivity index (χ2n) is 5.19. The van der Waals surface area contributed by atoms with Gasteiger partial charge in [-0.3, -0.25) is 4.79 Å². The van der Waals surface area contributed by atoms with Crippen molar-refractivity contribution in [2.75, 3.05) is 0 Å². The molecule has 0 aromatic carbocycles. The minimum Gasteiger partial charge on any atom is -0.346 e. The van der Waals surface area contributed by atoms with E-state index in [2.05, 4.69) is 37.0 Å². The van der Waals surface area contributed by atoms with Crippen LogP contribution in [0.2, 0.25) is 0 Å². The van der Waals surface area contributed by atoms with Crippen molar-refractivity contribution < 1.29 is 4.79 Å². The Hall–Kier alpha value is -2.31. The SMILES string of the molecule is CCc1nnc2n1CC(NC(=O)c1ccnc(C)n1)CC2. The smallest absolute Gasteiger partial charge is 0.270 e. The summed E-state index contributed by atoms with van der Waals surface area (Å²) in [5.41, 5.74) is 0.410. The summed E-state index contributed by atoms with van der Waals surface area (Å²) in [5.74, 6) is 2.43. The fraction of sp³-hybridized carbons (Fsp3) is 0.500. The van der Waals surface area contributed by atoms with Gasteiger partial charge in [-0.15, -0.1) is 10.2 Å². The summed E-state index contributed by atoms with van der Waals surface area (Å²) in [4.78, 5) is 20.4. The van der Waals surface area contributed by atoms with Gasteiger partial charge in [-0.1, -0.05) is 6.92 Å². The monoisotopic (exact) mass is 286 g/mol. The zero-order valence-electron chi connectivity index (χ0n) is 12.2. The van der Waals surface area contributed by atoms with Crippen LogP contribution in [0.25, 0.3) is 0 Å². The third-order valence-corrected chi connectivity index (χ3v) is 3.68. The molecule has 1 N–H and O–H groups in total. The maximum absolute atomic E-state index is 12.2. The van der Waals surface area contributed by atoms with E-state index in [-0.39, 0.29) is 11.9 Å². The number of hydrogen-bond acceptors (Lipinski definition) is 5. The summed E-state index contributed by atoms with van der Waals surface area (Å²) in [6.07, 6.45) is 4.16. The molecule has 1 amide bonds. The number of nitrogens with zero attached hydrogens (tertiary/aromatic N) is 5. The quantitative estimate of drug-likeness (QED) is 0.897. The lowest BCUT2D eigenvalue weighted by Gasteiger charge is -2.25. The van der Waals surface area contributed by atoms with Gasteiger partial charge in [0.25, 0.3) is 5.91 Å². The first-order chi connectivity index (χ1) is 10.2. The van der Waals surface area contributed by atoms with Gasteiger partial charge in [-0.25, -0.2) is 9.97 Å². The van der Waals surface area contributed by atoms with Gasteiger partial charge in [0.2, 0.25) is 0 Å². The van der Waals surface area contributed by atoms with Gasteiger partial charge in [0.1, 0.15) is 23.2 Å². The van der Waals surface area contributed by atoms with E-state index in [0.717, 1.165) is 37.5 Å². The van der Waals surface area contributed by atoms with Gasteiger partial charge in [-0.05, 0) is 19.4 Å². The molecule has 110 valence electrons. The van der Waals surface area contributed by atoms with Gasteiger partial charge < -0.3 is 9.88 Å². The molecule has 1 aliphatic heterocycles. The highest BCUT2D eigenvalue weighted by Gasteiger charge is 2.24. The Morgan fingerprint density at radius 1 is 1.48 bits per heavy atom. The summed E-state index contributed by atoms with van der Waals surface area (Å²) in [5, 5.41) is 11.4. The first-order valence-corrected chi connectivity index (χ1v) is 7.19. The van der Waals surface area contributed by atoms with Crippen molar-refractivity contribution in [3.63, 3.8) is 0 Å². The maximum atomic E-state index is 12.2. The van der Waals surface area contributed by atoms with Crippen LogP contribution in [0.15, 0.2) is 12.3 Å². The largest absolute Gasteiger partial charge is 0.346 e. The second-order valence-corrected chi connectivity index (χ2v) is 5.19. The van der Waals surface area contributed by atoms with E-state index in [1.807, 2.05) is 0 Å². The molecule has 21 heavy (non-hydrogen) atoms. The lowest BCUT2D eigenvalue weighted by Crippen LogP contribution is -2.41. The number of aromatic nitrogens is 5. The molecule has 1 atom stereocenters. The fourth-order valence-corrected chi connectivity index (χ4v) is 2.60. The molecule has 7 heteroatoms. The second kappa shape index (κ2) is 5.59. The number of rotatable bonds is 3. The van der Waals surface area contributed by atoms with E-state index >= 15 is 0 Å². The molecule has 7 nitrogen and oxygen atoms in total. The molecule has 0 saturated heterocycles. The first kappa shape index (κ1) is 13.7. The van der Waals surface area contributed by atoms with Crippen molar-refractivity contribution in [1.82, 2.24) is 30.0 Å². The van der Waals surface area contributed by atoms with Crippen LogP contribution in [0.1, 0.15) is 41.3 Å². The van der Waals surface area contributed by atoms with Crippen LogP contribution in [-0.2, 0) is 19.4 Å². The molecular weight excluding hydrogens is 268 g/mol. The van der Waals surface area contributed by atoms with Crippen molar-refractivity contribution in [3.05, 3.63) is 35.4 Å². The van der Waals surface area contributed by atoms with Gasteiger partial charge in [0.15, 0.2) is 0 Å². The van der Waals surface area contributed by atoms with E-state index in [4.69, 9.17) is 0 Å². The van der Waals surface area contributed by atoms with Crippen LogP contribution in [0.4, 0.5) is 0 Å². The Balaban J connectivity index is 1.71. The standard InChI is InChI=1S/C14H18N6O/c1-3-12-18-19-13-5-4-10(8-20(12)13)17-14(21)11-6-7-15-9(2)16-11/h6-7,10H,3-5,8H2,1-2H3,(H,17,21). The number of carbonyl (C=O) groups is 1. The lowest BCUT2D eigenvalue weighted by molar-refractivity contribution is 0.0921. The van der Waals surface area contributed by atoms with E-state index < -0.39 is 0 Å². The normalized spacial score (nSPS) is 17.3. The van der Waals surface area contributed by atoms with Crippen molar-refractivity contribution in [2.45, 2.75) is 45.7 Å². The topological polar surface area (TPSA) is 85.6 Å². The molecule has 2 aromatic heterocycles. The van der Waals surface area contributed by atoms with E-state index in [9.17, 15) is 4.79 Å². The molecule has 3 heterocycles. The minimum atomic E-state index is -0.153. The Bertz CT molecular complexity index is 652. The van der Waals surface area contributed by atoms with Crippen LogP contribution in [0, 0.1) is 6.92 Å². The highest BCUT2D eigenvalue weighted by atomic mass is 16.1. The molecule has 0 radical (unpaired) electrons. The zero-order valence-corrected chi connectivity index (χ0v) is 12.2. The Morgan fingerprint density at radius 3 is 3.10 bits per heavy atom. The highest BCUT2D eigenvalue weighted by molar-refractivity contribution is 5.92. The predicted molar refractivity (Wildman–Crippen MR) is 75.7 cm³/mol. The van der Waals surface area contributed by atoms with Gasteiger partial charge in [-0.2, -0.15) is 0 Å². The van der Waals surface area contributed by atoms with E-state index in [1.165, 1.54) is 0 Å². The molecule has 0 spiro atoms. The number of hydrogen-bond donors (Lipinski definition) is 1. The van der Waals surface area contributed by atoms with Crippen molar-refractivity contribution in [2.24, 2.45) is 0 Å². The van der Waals surface area contributed by atoms with E-state index in [0.29, 0.717) is 11.5 Å². The van der Waals surface area contributed by atoms with Crippen LogP contribution >= 0.6 is 0 Å². The lowest BCUT2D eigenvalue weighted by atomic mass is 10.1. The molecule has 2 aromatic rings. The van der Waals surface area contributed by atoms with E-state index in [1.54, 1.807) is 19.2 Å². The van der Waals surface area contributed by atoms with Crippen LogP contribution < -0.4 is 5.32 Å². The van der Waals surface area contributed by atoms with Crippen LogP contribution in [-0.4, -0.2) is 36.7 Å². The average Bonchev–Trinajstić information content (AvgIpc) is 2.89. The van der Waals surface area contributed by atoms with Gasteiger partial charge in [0, 0.05) is 31.6 Å². The molecule has 0 fully saturated rings. The fourth-order valence-electron chi connectivity index (χ4n) is 2.60. The molecule has 1 unspecified atom stereocenters. The van der Waals surface area contributed by atoms with Crippen molar-refractivity contribution >= 4 is 5.91 Å². The third-order valence-electron chi connectivity index (χ3n) is 3.68. The number of nitrogens with one attached hydrogen (secondary N) is 1. The number of carbonyl (C=O) groups excluding carboxylic acids is 1. The number of amides is 1. The van der Waals surface area contributed by atoms with Crippen molar-refractivity contribution in [1.29, 1.82) is 0 Å². The molecular formula is C14H18N6O. The number of fused-ring (bicyclic) bond motifs is 1. The Labute approximate surface area is 122 Å². The first-order valence-electron chi connectivity index (χ1n) is 7.19. The van der Waals surface area contributed by atoms with Crippen LogP contribution in [0.5, 0.6) is 0 Å². The van der Waals surface area contributed by atoms with Crippen molar-refractivity contribution in [3.8, 4) is 0 Å². The summed E-state index contributed by atoms with van der Waals surface area (Å²) in [6, 6.07) is 1.72. The number of aryl methyl sites for hydroxylation is 3. The Kier molecular flexibility index (Phi) is 3.64. The highest BCUT2D eigenvalue weighted by Crippen LogP contribution is 2.15. The molecule has 0 bridgehead atoms. The summed E-state index contributed by atoms with van der Waals surface area (Å²) in [6.45, 7) is 4.55. The minimum absolute atomic E-state index is 0.0848. The maximum Gasteiger partial charge on any atom is 0.270 e. The molecule has 0 saturated carbocycles. The summed E-state index contributed by atoms with van der Waals surface area (Å²) >= 11 is 0. The molecule has 1 aliphatic rings. The van der Waals surface area contributed by atoms with Crippen LogP contribution in [0.3, 0.4) is 0 Å². The zero-order chi connectivity index (χ0) is 14.8. The Morgan fingerprint density at radius 2 is 2.33 bits per heavy atom. The summed E-state index contributed by atoms with van der Waals surface area (Å²) in [7, 11) is 0. The molecule has 0 aliphatic carbocycles. The third kappa shape index (κ3) is 2.76. The van der Waals surface area contributed by atoms with Gasteiger partial charge in [0.05, 0.1) is 0 Å². The average molecular weight is 286 g/mol.